The smallest absolute Gasteiger partial charge is 0.233 e. The van der Waals surface area contributed by atoms with Crippen LogP contribution in [0.25, 0.3) is 11.0 Å². The van der Waals surface area contributed by atoms with Crippen LogP contribution >= 0.6 is 0 Å². The van der Waals surface area contributed by atoms with Crippen molar-refractivity contribution in [3.8, 4) is 5.88 Å². The minimum atomic E-state index is 0.527. The van der Waals surface area contributed by atoms with Crippen LogP contribution in [0.1, 0.15) is 36.3 Å². The molecule has 1 aliphatic carbocycles. The van der Waals surface area contributed by atoms with Crippen molar-refractivity contribution >= 4 is 16.9 Å². The van der Waals surface area contributed by atoms with Gasteiger partial charge in [0.25, 0.3) is 0 Å². The minimum absolute atomic E-state index is 0.527. The number of hydrogen-bond acceptors (Lipinski definition) is 7. The Morgan fingerprint density at radius 3 is 2.86 bits per heavy atom. The molecule has 0 aromatic carbocycles. The van der Waals surface area contributed by atoms with Gasteiger partial charge in [0.15, 0.2) is 5.65 Å². The zero-order chi connectivity index (χ0) is 19.1. The van der Waals surface area contributed by atoms with Gasteiger partial charge in [-0.2, -0.15) is 10.2 Å². The van der Waals surface area contributed by atoms with E-state index in [1.807, 2.05) is 24.9 Å². The van der Waals surface area contributed by atoms with E-state index in [1.54, 1.807) is 0 Å². The van der Waals surface area contributed by atoms with E-state index in [0.29, 0.717) is 18.4 Å². The van der Waals surface area contributed by atoms with Crippen molar-refractivity contribution in [3.05, 3.63) is 29.3 Å². The first-order valence-corrected chi connectivity index (χ1v) is 10.1. The van der Waals surface area contributed by atoms with E-state index in [4.69, 9.17) is 9.72 Å². The Hall–Kier alpha value is -2.77. The maximum atomic E-state index is 5.97. The topological polar surface area (TPSA) is 81.9 Å². The first-order valence-electron chi connectivity index (χ1n) is 10.1. The number of aromatic nitrogens is 6. The lowest BCUT2D eigenvalue weighted by Crippen LogP contribution is -2.36. The molecule has 0 radical (unpaired) electrons. The van der Waals surface area contributed by atoms with Crippen LogP contribution < -0.4 is 9.64 Å². The highest BCUT2D eigenvalue weighted by molar-refractivity contribution is 5.87. The van der Waals surface area contributed by atoms with Crippen LogP contribution in [0, 0.1) is 12.8 Å². The van der Waals surface area contributed by atoms with E-state index in [1.165, 1.54) is 12.0 Å². The molecule has 8 nitrogen and oxygen atoms in total. The minimum Gasteiger partial charge on any atom is -0.476 e. The highest BCUT2D eigenvalue weighted by Gasteiger charge is 2.24. The summed E-state index contributed by atoms with van der Waals surface area (Å²) in [6.45, 7) is 4.56. The number of hydrogen-bond donors (Lipinski definition) is 0. The van der Waals surface area contributed by atoms with Crippen LogP contribution in [0.3, 0.4) is 0 Å². The van der Waals surface area contributed by atoms with Gasteiger partial charge in [-0.3, -0.25) is 4.68 Å². The number of aryl methyl sites for hydroxylation is 4. The van der Waals surface area contributed by atoms with E-state index in [2.05, 4.69) is 31.2 Å². The SMILES string of the molecule is Cc1nc(N2CCC(COc3cc4c(nn3)CCC4)CC2)c2cnn(C)c2n1. The van der Waals surface area contributed by atoms with E-state index in [9.17, 15) is 0 Å². The molecule has 0 bridgehead atoms. The van der Waals surface area contributed by atoms with Gasteiger partial charge in [-0.15, -0.1) is 5.10 Å². The molecule has 146 valence electrons. The second-order valence-electron chi connectivity index (χ2n) is 7.85. The van der Waals surface area contributed by atoms with Crippen molar-refractivity contribution in [3.63, 3.8) is 0 Å². The zero-order valence-corrected chi connectivity index (χ0v) is 16.4. The van der Waals surface area contributed by atoms with E-state index in [0.717, 1.165) is 67.1 Å². The lowest BCUT2D eigenvalue weighted by atomic mass is 9.97. The summed E-state index contributed by atoms with van der Waals surface area (Å²) in [5.41, 5.74) is 3.34. The number of rotatable bonds is 4. The summed E-state index contributed by atoms with van der Waals surface area (Å²) in [7, 11) is 1.92. The molecule has 2 aliphatic rings. The molecule has 0 N–H and O–H groups in total. The molecule has 5 rings (SSSR count). The molecule has 1 saturated heterocycles. The van der Waals surface area contributed by atoms with E-state index < -0.39 is 0 Å². The Kier molecular flexibility index (Phi) is 4.33. The van der Waals surface area contributed by atoms with E-state index >= 15 is 0 Å². The van der Waals surface area contributed by atoms with E-state index in [-0.39, 0.29) is 0 Å². The van der Waals surface area contributed by atoms with Gasteiger partial charge < -0.3 is 9.64 Å². The summed E-state index contributed by atoms with van der Waals surface area (Å²) >= 11 is 0. The number of nitrogens with zero attached hydrogens (tertiary/aromatic N) is 7. The quantitative estimate of drug-likeness (QED) is 0.687. The summed E-state index contributed by atoms with van der Waals surface area (Å²) in [5.74, 6) is 2.98. The summed E-state index contributed by atoms with van der Waals surface area (Å²) in [6, 6.07) is 2.08. The molecule has 3 aromatic heterocycles. The Bertz CT molecular complexity index is 1010. The first kappa shape index (κ1) is 17.3. The van der Waals surface area contributed by atoms with Crippen molar-refractivity contribution < 1.29 is 4.74 Å². The molecular weight excluding hydrogens is 354 g/mol. The lowest BCUT2D eigenvalue weighted by Gasteiger charge is -2.32. The molecule has 1 aliphatic heterocycles. The highest BCUT2D eigenvalue weighted by Crippen LogP contribution is 2.28. The van der Waals surface area contributed by atoms with Crippen LogP contribution in [0.15, 0.2) is 12.3 Å². The van der Waals surface area contributed by atoms with Crippen LogP contribution in [0.2, 0.25) is 0 Å². The number of anilines is 1. The third-order valence-electron chi connectivity index (χ3n) is 5.86. The normalized spacial score (nSPS) is 17.3. The zero-order valence-electron chi connectivity index (χ0n) is 16.4. The molecule has 0 amide bonds. The Morgan fingerprint density at radius 2 is 2.00 bits per heavy atom. The first-order chi connectivity index (χ1) is 13.7. The molecular formula is C20H25N7O. The monoisotopic (exact) mass is 379 g/mol. The average molecular weight is 379 g/mol. The molecule has 4 heterocycles. The van der Waals surface area contributed by atoms with Gasteiger partial charge in [-0.05, 0) is 50.5 Å². The fourth-order valence-electron chi connectivity index (χ4n) is 4.25. The van der Waals surface area contributed by atoms with Gasteiger partial charge in [0.05, 0.1) is 23.9 Å². The molecule has 0 saturated carbocycles. The highest BCUT2D eigenvalue weighted by atomic mass is 16.5. The number of piperidine rings is 1. The summed E-state index contributed by atoms with van der Waals surface area (Å²) in [4.78, 5) is 11.6. The number of ether oxygens (including phenoxy) is 1. The molecule has 28 heavy (non-hydrogen) atoms. The van der Waals surface area contributed by atoms with Gasteiger partial charge >= 0.3 is 0 Å². The fourth-order valence-corrected chi connectivity index (χ4v) is 4.25. The predicted octanol–water partition coefficient (Wildman–Crippen LogP) is 2.25. The lowest BCUT2D eigenvalue weighted by molar-refractivity contribution is 0.214. The summed E-state index contributed by atoms with van der Waals surface area (Å²) < 4.78 is 7.78. The molecule has 1 fully saturated rings. The third-order valence-corrected chi connectivity index (χ3v) is 5.86. The second kappa shape index (κ2) is 7.00. The number of fused-ring (bicyclic) bond motifs is 2. The largest absolute Gasteiger partial charge is 0.476 e. The van der Waals surface area contributed by atoms with Crippen molar-refractivity contribution in [2.24, 2.45) is 13.0 Å². The van der Waals surface area contributed by atoms with Crippen LogP contribution in [-0.2, 0) is 19.9 Å². The van der Waals surface area contributed by atoms with Crippen molar-refractivity contribution in [1.29, 1.82) is 0 Å². The fraction of sp³-hybridized carbons (Fsp3) is 0.550. The van der Waals surface area contributed by atoms with Crippen LogP contribution in [-0.4, -0.2) is 49.6 Å². The van der Waals surface area contributed by atoms with Crippen molar-refractivity contribution in [2.75, 3.05) is 24.6 Å². The van der Waals surface area contributed by atoms with Gasteiger partial charge in [-0.25, -0.2) is 9.97 Å². The van der Waals surface area contributed by atoms with Gasteiger partial charge in [0.1, 0.15) is 11.6 Å². The van der Waals surface area contributed by atoms with Crippen LogP contribution in [0.4, 0.5) is 5.82 Å². The molecule has 0 atom stereocenters. The van der Waals surface area contributed by atoms with Gasteiger partial charge in [0.2, 0.25) is 5.88 Å². The maximum absolute atomic E-state index is 5.97. The Balaban J connectivity index is 1.22. The predicted molar refractivity (Wildman–Crippen MR) is 106 cm³/mol. The standard InChI is InChI=1S/C20H25N7O/c1-13-22-19-16(11-21-26(19)2)20(23-13)27-8-6-14(7-9-27)12-28-18-10-15-4-3-5-17(15)24-25-18/h10-11,14H,3-9,12H2,1-2H3. The van der Waals surface area contributed by atoms with Crippen LogP contribution in [0.5, 0.6) is 5.88 Å². The van der Waals surface area contributed by atoms with Gasteiger partial charge in [-0.1, -0.05) is 0 Å². The summed E-state index contributed by atoms with van der Waals surface area (Å²) in [6.07, 6.45) is 7.34. The summed E-state index contributed by atoms with van der Waals surface area (Å²) in [5, 5.41) is 13.9. The Labute approximate surface area is 164 Å². The molecule has 0 spiro atoms. The molecule has 0 unspecified atom stereocenters. The molecule has 8 heteroatoms. The Morgan fingerprint density at radius 1 is 1.14 bits per heavy atom. The maximum Gasteiger partial charge on any atom is 0.233 e. The van der Waals surface area contributed by atoms with Crippen molar-refractivity contribution in [2.45, 2.75) is 39.0 Å². The second-order valence-corrected chi connectivity index (χ2v) is 7.85. The molecule has 3 aromatic rings. The average Bonchev–Trinajstić information content (AvgIpc) is 3.33. The third kappa shape index (κ3) is 3.16. The van der Waals surface area contributed by atoms with Crippen molar-refractivity contribution in [1.82, 2.24) is 29.9 Å². The van der Waals surface area contributed by atoms with Gasteiger partial charge in [0, 0.05) is 26.2 Å².